The number of ether oxygens (including phenoxy) is 3. The number of esters is 3. The second kappa shape index (κ2) is 13.0. The number of carbonyl (C=O) groups excluding carboxylic acids is 3. The monoisotopic (exact) mass is 465 g/mol. The van der Waals surface area contributed by atoms with Gasteiger partial charge in [-0.25, -0.2) is 28.1 Å². The number of rotatable bonds is 12. The molecule has 0 aliphatic carbocycles. The van der Waals surface area contributed by atoms with Gasteiger partial charge in [0.2, 0.25) is 0 Å². The quantitative estimate of drug-likeness (QED) is 0.228. The Bertz CT molecular complexity index is 786. The topological polar surface area (TPSA) is 145 Å². The lowest BCUT2D eigenvalue weighted by molar-refractivity contribution is -0.147. The van der Waals surface area contributed by atoms with Crippen LogP contribution in [0, 0.1) is 0 Å². The van der Waals surface area contributed by atoms with Crippen LogP contribution in [0.2, 0.25) is 0 Å². The summed E-state index contributed by atoms with van der Waals surface area (Å²) in [6, 6.07) is 0. The van der Waals surface area contributed by atoms with Gasteiger partial charge in [0.1, 0.15) is 0 Å². The van der Waals surface area contributed by atoms with Crippen molar-refractivity contribution in [3.63, 3.8) is 0 Å². The molecule has 14 heteroatoms. The van der Waals surface area contributed by atoms with E-state index in [-0.39, 0.29) is 30.8 Å². The third-order valence-electron chi connectivity index (χ3n) is 3.54. The summed E-state index contributed by atoms with van der Waals surface area (Å²) in [5.74, 6) is -1.74. The summed E-state index contributed by atoms with van der Waals surface area (Å²) in [4.78, 5) is 72.3. The normalized spacial score (nSPS) is 10.5. The molecule has 0 radical (unpaired) electrons. The maximum Gasteiger partial charge on any atom is 0.341 e. The average molecular weight is 466 g/mol. The maximum atomic E-state index is 12.5. The van der Waals surface area contributed by atoms with Gasteiger partial charge >= 0.3 is 35.0 Å². The van der Waals surface area contributed by atoms with E-state index in [0.29, 0.717) is 20.1 Å². The zero-order valence-electron chi connectivity index (χ0n) is 16.3. The number of hydrogen-bond acceptors (Lipinski definition) is 11. The number of thiol groups is 2. The predicted molar refractivity (Wildman–Crippen MR) is 109 cm³/mol. The van der Waals surface area contributed by atoms with E-state index in [1.54, 1.807) is 6.92 Å². The Morgan fingerprint density at radius 2 is 0.967 bits per heavy atom. The van der Waals surface area contributed by atoms with Crippen molar-refractivity contribution in [2.75, 3.05) is 11.5 Å². The lowest BCUT2D eigenvalue weighted by Crippen LogP contribution is -2.55. The molecule has 0 atom stereocenters. The molecule has 1 aromatic heterocycles. The molecule has 12 nitrogen and oxygen atoms in total. The fourth-order valence-corrected chi connectivity index (χ4v) is 2.39. The molecule has 0 bridgehead atoms. The Hall–Kier alpha value is -2.48. The molecule has 0 aliphatic rings. The minimum absolute atomic E-state index is 0.0608. The van der Waals surface area contributed by atoms with E-state index in [1.807, 2.05) is 0 Å². The van der Waals surface area contributed by atoms with Crippen molar-refractivity contribution in [3.05, 3.63) is 31.5 Å². The van der Waals surface area contributed by atoms with E-state index < -0.39 is 55.2 Å². The van der Waals surface area contributed by atoms with Crippen molar-refractivity contribution in [1.29, 1.82) is 0 Å². The minimum Gasteiger partial charge on any atom is -0.444 e. The van der Waals surface area contributed by atoms with Gasteiger partial charge in [0.15, 0.2) is 20.2 Å². The number of nitrogens with zero attached hydrogens (tertiary/aromatic N) is 3. The Morgan fingerprint density at radius 3 is 1.23 bits per heavy atom. The van der Waals surface area contributed by atoms with Crippen molar-refractivity contribution < 1.29 is 28.6 Å². The fourth-order valence-electron chi connectivity index (χ4n) is 2.03. The van der Waals surface area contributed by atoms with Crippen LogP contribution in [-0.2, 0) is 48.8 Å². The van der Waals surface area contributed by atoms with E-state index in [2.05, 4.69) is 25.3 Å². The van der Waals surface area contributed by atoms with Crippen LogP contribution in [0.1, 0.15) is 32.6 Å². The van der Waals surface area contributed by atoms with Gasteiger partial charge in [0, 0.05) is 17.9 Å². The molecule has 0 fully saturated rings. The molecule has 1 rings (SSSR count). The highest BCUT2D eigenvalue weighted by Gasteiger charge is 2.18. The summed E-state index contributed by atoms with van der Waals surface area (Å²) < 4.78 is 15.9. The largest absolute Gasteiger partial charge is 0.444 e. The smallest absolute Gasteiger partial charge is 0.341 e. The van der Waals surface area contributed by atoms with E-state index >= 15 is 0 Å². The first-order valence-electron chi connectivity index (χ1n) is 8.89. The minimum atomic E-state index is -1.17. The molecule has 0 aromatic carbocycles. The second-order valence-electron chi connectivity index (χ2n) is 5.77. The van der Waals surface area contributed by atoms with Crippen LogP contribution in [0.25, 0.3) is 0 Å². The van der Waals surface area contributed by atoms with Gasteiger partial charge in [-0.3, -0.25) is 14.4 Å². The lowest BCUT2D eigenvalue weighted by Gasteiger charge is -2.14. The first-order chi connectivity index (χ1) is 14.3. The second-order valence-corrected chi connectivity index (χ2v) is 6.66. The van der Waals surface area contributed by atoms with Crippen molar-refractivity contribution in [2.45, 2.75) is 52.8 Å². The highest BCUT2D eigenvalue weighted by molar-refractivity contribution is 7.80. The molecule has 0 N–H and O–H groups in total. The van der Waals surface area contributed by atoms with E-state index in [9.17, 15) is 28.8 Å². The summed E-state index contributed by atoms with van der Waals surface area (Å²) in [6.07, 6.45) is 0.411. The Morgan fingerprint density at radius 1 is 0.667 bits per heavy atom. The average Bonchev–Trinajstić information content (AvgIpc) is 2.68. The molecule has 0 amide bonds. The van der Waals surface area contributed by atoms with Crippen LogP contribution in [0.5, 0.6) is 0 Å². The summed E-state index contributed by atoms with van der Waals surface area (Å²) >= 11 is 7.74. The third kappa shape index (κ3) is 7.40. The van der Waals surface area contributed by atoms with Gasteiger partial charge in [0.05, 0.1) is 12.8 Å². The van der Waals surface area contributed by atoms with Gasteiger partial charge in [-0.15, -0.1) is 0 Å². The molecule has 168 valence electrons. The van der Waals surface area contributed by atoms with Crippen molar-refractivity contribution in [2.24, 2.45) is 0 Å². The van der Waals surface area contributed by atoms with Crippen LogP contribution in [-0.4, -0.2) is 43.1 Å². The van der Waals surface area contributed by atoms with E-state index in [0.717, 1.165) is 0 Å². The van der Waals surface area contributed by atoms with Gasteiger partial charge in [-0.2, -0.15) is 25.3 Å². The maximum absolute atomic E-state index is 12.5. The first-order valence-corrected chi connectivity index (χ1v) is 10.2. The molecule has 0 aliphatic heterocycles. The lowest BCUT2D eigenvalue weighted by atomic mass is 10.3. The molecular weight excluding hydrogens is 442 g/mol. The Kier molecular flexibility index (Phi) is 11.0. The van der Waals surface area contributed by atoms with Gasteiger partial charge in [0.25, 0.3) is 0 Å². The predicted octanol–water partition coefficient (Wildman–Crippen LogP) is -0.886. The van der Waals surface area contributed by atoms with Crippen LogP contribution < -0.4 is 17.1 Å². The molecule has 1 aromatic rings. The highest BCUT2D eigenvalue weighted by Crippen LogP contribution is 1.94. The van der Waals surface area contributed by atoms with Crippen molar-refractivity contribution >= 4 is 43.2 Å². The highest BCUT2D eigenvalue weighted by atomic mass is 32.1. The summed E-state index contributed by atoms with van der Waals surface area (Å²) in [5, 5.41) is 0. The molecule has 1 heterocycles. The van der Waals surface area contributed by atoms with Crippen LogP contribution in [0.15, 0.2) is 14.4 Å². The zero-order valence-corrected chi connectivity index (χ0v) is 18.1. The van der Waals surface area contributed by atoms with Crippen molar-refractivity contribution in [1.82, 2.24) is 13.7 Å². The van der Waals surface area contributed by atoms with Crippen LogP contribution in [0.4, 0.5) is 0 Å². The molecule has 0 saturated heterocycles. The van der Waals surface area contributed by atoms with Gasteiger partial charge < -0.3 is 14.2 Å². The van der Waals surface area contributed by atoms with Crippen LogP contribution in [0.3, 0.4) is 0 Å². The molecule has 0 unspecified atom stereocenters. The molecule has 0 saturated carbocycles. The number of hydrogen-bond donors (Lipinski definition) is 2. The van der Waals surface area contributed by atoms with E-state index in [1.165, 1.54) is 0 Å². The summed E-state index contributed by atoms with van der Waals surface area (Å²) in [6.45, 7) is -0.624. The molecule has 0 spiro atoms. The molecular formula is C16H23N3O9S2. The standard InChI is InChI=1S/C16H23N3O9S2/c1-2-3-11(20)26-8-17-14(23)18(9-27-12(21)4-6-29)16(25)19(15(17)24)10-28-13(22)5-7-30/h29-30H,2-10H2,1H3. The van der Waals surface area contributed by atoms with E-state index in [4.69, 9.17) is 14.2 Å². The summed E-state index contributed by atoms with van der Waals surface area (Å²) in [7, 11) is 0. The third-order valence-corrected chi connectivity index (χ3v) is 3.98. The first kappa shape index (κ1) is 25.6. The Labute approximate surface area is 181 Å². The fraction of sp³-hybridized carbons (Fsp3) is 0.625. The SMILES string of the molecule is CCCC(=O)OCn1c(=O)n(COC(=O)CCS)c(=O)n(COC(=O)CCS)c1=O. The van der Waals surface area contributed by atoms with Crippen LogP contribution >= 0.6 is 25.3 Å². The van der Waals surface area contributed by atoms with Crippen molar-refractivity contribution in [3.8, 4) is 0 Å². The summed E-state index contributed by atoms with van der Waals surface area (Å²) in [5.41, 5.74) is -3.49. The number of carbonyl (C=O) groups is 3. The van der Waals surface area contributed by atoms with Gasteiger partial charge in [-0.05, 0) is 6.42 Å². The molecule has 30 heavy (non-hydrogen) atoms. The Balaban J connectivity index is 3.30. The van der Waals surface area contributed by atoms with Gasteiger partial charge in [-0.1, -0.05) is 6.92 Å². The zero-order chi connectivity index (χ0) is 22.7. The number of aromatic nitrogens is 3.